The van der Waals surface area contributed by atoms with Gasteiger partial charge in [-0.2, -0.15) is 0 Å². The van der Waals surface area contributed by atoms with Crippen molar-refractivity contribution in [2.75, 3.05) is 19.6 Å². The molecule has 0 aromatic carbocycles. The van der Waals surface area contributed by atoms with Crippen molar-refractivity contribution in [1.82, 2.24) is 0 Å². The van der Waals surface area contributed by atoms with Gasteiger partial charge in [-0.15, -0.1) is 0 Å². The van der Waals surface area contributed by atoms with E-state index in [9.17, 15) is 0 Å². The second-order valence-electron chi connectivity index (χ2n) is 10.2. The standard InChI is InChI=1S/C28H57N.H2O/c1-3-25-29(26-4-2)27-21-16-14-12-10-8-6-5-7-9-11-13-15-18-22-28-23-19-17-20-24-28;/h28H,3-27H2,1-2H3;1H2. The van der Waals surface area contributed by atoms with Gasteiger partial charge in [-0.05, 0) is 31.6 Å². The summed E-state index contributed by atoms with van der Waals surface area (Å²) in [6, 6.07) is 0. The maximum absolute atomic E-state index is 2.33. The van der Waals surface area contributed by atoms with Gasteiger partial charge in [0.25, 0.3) is 0 Å². The Morgan fingerprint density at radius 1 is 0.500 bits per heavy atom. The molecule has 0 aromatic rings. The molecule has 2 nitrogen and oxygen atoms in total. The number of hydrogen-bond acceptors (Lipinski definition) is 1. The molecule has 182 valence electrons. The number of nitrogens with one attached hydrogen (secondary N) is 1. The van der Waals surface area contributed by atoms with Crippen LogP contribution in [-0.2, 0) is 0 Å². The summed E-state index contributed by atoms with van der Waals surface area (Å²) in [5, 5.41) is 0. The Kier molecular flexibility index (Phi) is 23.5. The maximum Gasteiger partial charge on any atom is 0.0770 e. The van der Waals surface area contributed by atoms with E-state index in [0.717, 1.165) is 5.92 Å². The first-order valence-electron chi connectivity index (χ1n) is 14.2. The van der Waals surface area contributed by atoms with E-state index in [0.29, 0.717) is 0 Å². The molecule has 2 N–H and O–H groups in total. The van der Waals surface area contributed by atoms with Crippen LogP contribution in [0.3, 0.4) is 0 Å². The molecule has 2 heteroatoms. The summed E-state index contributed by atoms with van der Waals surface area (Å²) in [5.41, 5.74) is 0. The molecule has 1 saturated carbocycles. The Hall–Kier alpha value is -0.0800. The van der Waals surface area contributed by atoms with E-state index < -0.39 is 0 Å². The Labute approximate surface area is 191 Å². The minimum atomic E-state index is 0. The minimum Gasteiger partial charge on any atom is -0.870 e. The number of unbranched alkanes of at least 4 members (excludes halogenated alkanes) is 13. The van der Waals surface area contributed by atoms with Crippen LogP contribution in [0, 0.1) is 5.92 Å². The zero-order valence-corrected chi connectivity index (χ0v) is 21.2. The van der Waals surface area contributed by atoms with E-state index in [2.05, 4.69) is 13.8 Å². The third-order valence-electron chi connectivity index (χ3n) is 7.32. The Morgan fingerprint density at radius 3 is 1.33 bits per heavy atom. The highest BCUT2D eigenvalue weighted by Crippen LogP contribution is 2.28. The Bertz CT molecular complexity index is 308. The normalized spacial score (nSPS) is 14.9. The van der Waals surface area contributed by atoms with E-state index >= 15 is 0 Å². The monoisotopic (exact) mass is 425 g/mol. The highest BCUT2D eigenvalue weighted by molar-refractivity contribution is 4.65. The van der Waals surface area contributed by atoms with Crippen molar-refractivity contribution in [2.45, 2.75) is 155 Å². The third kappa shape index (κ3) is 18.7. The Morgan fingerprint density at radius 2 is 0.900 bits per heavy atom. The molecule has 1 rings (SSSR count). The molecule has 0 aliphatic heterocycles. The van der Waals surface area contributed by atoms with Crippen LogP contribution in [0.15, 0.2) is 0 Å². The largest absolute Gasteiger partial charge is 0.870 e. The van der Waals surface area contributed by atoms with E-state index in [-0.39, 0.29) is 5.48 Å². The van der Waals surface area contributed by atoms with Crippen LogP contribution < -0.4 is 4.90 Å². The van der Waals surface area contributed by atoms with Crippen molar-refractivity contribution in [3.8, 4) is 0 Å². The molecular formula is C28H59NO. The van der Waals surface area contributed by atoms with E-state index in [1.54, 1.807) is 0 Å². The van der Waals surface area contributed by atoms with Crippen molar-refractivity contribution in [1.29, 1.82) is 0 Å². The number of hydrogen-bond donors (Lipinski definition) is 1. The predicted octanol–water partition coefficient (Wildman–Crippen LogP) is 7.95. The lowest BCUT2D eigenvalue weighted by Gasteiger charge is -2.21. The van der Waals surface area contributed by atoms with Crippen molar-refractivity contribution in [2.24, 2.45) is 5.92 Å². The fourth-order valence-electron chi connectivity index (χ4n) is 5.49. The van der Waals surface area contributed by atoms with Crippen LogP contribution in [0.1, 0.15) is 155 Å². The molecule has 0 aromatic heterocycles. The van der Waals surface area contributed by atoms with Crippen LogP contribution in [0.5, 0.6) is 0 Å². The quantitative estimate of drug-likeness (QED) is 0.186. The number of rotatable bonds is 21. The molecule has 30 heavy (non-hydrogen) atoms. The third-order valence-corrected chi connectivity index (χ3v) is 7.32. The zero-order chi connectivity index (χ0) is 20.8. The summed E-state index contributed by atoms with van der Waals surface area (Å²) in [7, 11) is 0. The van der Waals surface area contributed by atoms with Gasteiger partial charge in [-0.25, -0.2) is 0 Å². The van der Waals surface area contributed by atoms with Gasteiger partial charge in [0, 0.05) is 0 Å². The van der Waals surface area contributed by atoms with E-state index in [1.165, 1.54) is 161 Å². The lowest BCUT2D eigenvalue weighted by atomic mass is 9.85. The Balaban J connectivity index is 0.00000841. The second-order valence-corrected chi connectivity index (χ2v) is 10.2. The molecular weight excluding hydrogens is 366 g/mol. The molecule has 0 heterocycles. The van der Waals surface area contributed by atoms with Crippen LogP contribution in [0.4, 0.5) is 0 Å². The van der Waals surface area contributed by atoms with Crippen LogP contribution in [-0.4, -0.2) is 25.1 Å². The van der Waals surface area contributed by atoms with Crippen LogP contribution in [0.25, 0.3) is 0 Å². The second kappa shape index (κ2) is 23.6. The van der Waals surface area contributed by atoms with Gasteiger partial charge in [0.05, 0.1) is 19.6 Å². The van der Waals surface area contributed by atoms with E-state index in [1.807, 2.05) is 4.90 Å². The molecule has 0 radical (unpaired) electrons. The highest BCUT2D eigenvalue weighted by atomic mass is 16.0. The van der Waals surface area contributed by atoms with Crippen molar-refractivity contribution >= 4 is 0 Å². The lowest BCUT2D eigenvalue weighted by Crippen LogP contribution is -3.12. The van der Waals surface area contributed by atoms with Crippen molar-refractivity contribution < 1.29 is 10.4 Å². The average molecular weight is 426 g/mol. The SMILES string of the molecule is CCC[NH+](CCC)CCCCCCCCCCCCCCCCC1CCCCC1.[OH-]. The summed E-state index contributed by atoms with van der Waals surface area (Å²) in [4.78, 5) is 1.85. The van der Waals surface area contributed by atoms with E-state index in [4.69, 9.17) is 0 Å². The molecule has 0 spiro atoms. The van der Waals surface area contributed by atoms with Gasteiger partial charge >= 0.3 is 0 Å². The minimum absolute atomic E-state index is 0. The van der Waals surface area contributed by atoms with Gasteiger partial charge < -0.3 is 10.4 Å². The summed E-state index contributed by atoms with van der Waals surface area (Å²) < 4.78 is 0. The van der Waals surface area contributed by atoms with Gasteiger partial charge in [0.2, 0.25) is 0 Å². The van der Waals surface area contributed by atoms with Gasteiger partial charge in [-0.1, -0.05) is 129 Å². The number of quaternary nitrogens is 1. The molecule has 1 fully saturated rings. The van der Waals surface area contributed by atoms with Gasteiger partial charge in [0.15, 0.2) is 0 Å². The topological polar surface area (TPSA) is 34.4 Å². The first-order valence-corrected chi connectivity index (χ1v) is 14.2. The predicted molar refractivity (Wildman–Crippen MR) is 134 cm³/mol. The molecule has 0 saturated heterocycles. The fourth-order valence-corrected chi connectivity index (χ4v) is 5.49. The highest BCUT2D eigenvalue weighted by Gasteiger charge is 2.12. The van der Waals surface area contributed by atoms with Crippen molar-refractivity contribution in [3.63, 3.8) is 0 Å². The molecule has 1 aliphatic rings. The fraction of sp³-hybridized carbons (Fsp3) is 1.00. The summed E-state index contributed by atoms with van der Waals surface area (Å²) >= 11 is 0. The maximum atomic E-state index is 2.33. The zero-order valence-electron chi connectivity index (χ0n) is 21.2. The first-order chi connectivity index (χ1) is 14.4. The molecule has 0 unspecified atom stereocenters. The van der Waals surface area contributed by atoms with Crippen LogP contribution in [0.2, 0.25) is 0 Å². The summed E-state index contributed by atoms with van der Waals surface area (Å²) in [6.07, 6.45) is 32.7. The average Bonchev–Trinajstić information content (AvgIpc) is 2.74. The lowest BCUT2D eigenvalue weighted by molar-refractivity contribution is -0.900. The van der Waals surface area contributed by atoms with Gasteiger partial charge in [-0.3, -0.25) is 0 Å². The van der Waals surface area contributed by atoms with Crippen molar-refractivity contribution in [3.05, 3.63) is 0 Å². The summed E-state index contributed by atoms with van der Waals surface area (Å²) in [5.74, 6) is 1.10. The molecule has 0 bridgehead atoms. The molecule has 1 aliphatic carbocycles. The molecule has 0 atom stereocenters. The van der Waals surface area contributed by atoms with Gasteiger partial charge in [0.1, 0.15) is 0 Å². The summed E-state index contributed by atoms with van der Waals surface area (Å²) in [6.45, 7) is 8.84. The van der Waals surface area contributed by atoms with Crippen LogP contribution >= 0.6 is 0 Å². The molecule has 0 amide bonds. The smallest absolute Gasteiger partial charge is 0.0770 e. The first kappa shape index (κ1) is 29.9.